The number of hydrogen-bond acceptors (Lipinski definition) is 4. The largest absolute Gasteiger partial charge is 0.466 e. The van der Waals surface area contributed by atoms with Gasteiger partial charge in [0.05, 0.1) is 18.7 Å². The number of carbonyl (C=O) groups excluding carboxylic acids is 2. The zero-order valence-corrected chi connectivity index (χ0v) is 13.5. The number of rotatable bonds is 6. The molecule has 0 N–H and O–H groups in total. The van der Waals surface area contributed by atoms with Crippen LogP contribution >= 0.6 is 0 Å². The van der Waals surface area contributed by atoms with Gasteiger partial charge in [-0.15, -0.1) is 0 Å². The van der Waals surface area contributed by atoms with Crippen molar-refractivity contribution in [2.45, 2.75) is 26.7 Å². The highest BCUT2D eigenvalue weighted by Gasteiger charge is 2.22. The maximum atomic E-state index is 13.5. The van der Waals surface area contributed by atoms with Crippen LogP contribution in [0, 0.1) is 5.82 Å². The van der Waals surface area contributed by atoms with E-state index in [1.807, 2.05) is 6.92 Å². The lowest BCUT2D eigenvalue weighted by atomic mass is 10.2. The summed E-state index contributed by atoms with van der Waals surface area (Å²) in [6.45, 7) is 4.15. The van der Waals surface area contributed by atoms with Crippen LogP contribution in [0.5, 0.6) is 0 Å². The summed E-state index contributed by atoms with van der Waals surface area (Å²) in [5, 5.41) is 0. The molecule has 0 atom stereocenters. The summed E-state index contributed by atoms with van der Waals surface area (Å²) in [7, 11) is 1.60. The van der Waals surface area contributed by atoms with Crippen molar-refractivity contribution in [2.75, 3.05) is 20.2 Å². The molecule has 2 aromatic rings. The van der Waals surface area contributed by atoms with Gasteiger partial charge in [0.2, 0.25) is 0 Å². The van der Waals surface area contributed by atoms with Crippen molar-refractivity contribution in [2.24, 2.45) is 0 Å². The first kappa shape index (κ1) is 16.9. The summed E-state index contributed by atoms with van der Waals surface area (Å²) >= 11 is 0. The molecule has 7 heteroatoms. The summed E-state index contributed by atoms with van der Waals surface area (Å²) in [6, 6.07) is 2.84. The fraction of sp³-hybridized carbons (Fsp3) is 0.438. The van der Waals surface area contributed by atoms with Gasteiger partial charge in [-0.3, -0.25) is 14.0 Å². The summed E-state index contributed by atoms with van der Waals surface area (Å²) < 4.78 is 19.8. The number of pyridine rings is 1. The van der Waals surface area contributed by atoms with E-state index in [0.29, 0.717) is 30.1 Å². The van der Waals surface area contributed by atoms with E-state index in [2.05, 4.69) is 4.98 Å². The van der Waals surface area contributed by atoms with Gasteiger partial charge in [-0.25, -0.2) is 9.37 Å². The Bertz CT molecular complexity index is 727. The minimum Gasteiger partial charge on any atom is -0.466 e. The molecule has 0 aliphatic rings. The first-order valence-corrected chi connectivity index (χ1v) is 7.55. The third-order valence-electron chi connectivity index (χ3n) is 3.50. The highest BCUT2D eigenvalue weighted by Crippen LogP contribution is 2.16. The minimum atomic E-state index is -0.444. The van der Waals surface area contributed by atoms with Crippen LogP contribution in [0.3, 0.4) is 0 Å². The van der Waals surface area contributed by atoms with Crippen molar-refractivity contribution in [1.82, 2.24) is 14.3 Å². The maximum absolute atomic E-state index is 13.5. The van der Waals surface area contributed by atoms with Gasteiger partial charge in [-0.1, -0.05) is 6.92 Å². The molecule has 2 aromatic heterocycles. The Labute approximate surface area is 133 Å². The smallest absolute Gasteiger partial charge is 0.307 e. The molecule has 2 heterocycles. The first-order chi connectivity index (χ1) is 11.0. The second-order valence-electron chi connectivity index (χ2n) is 5.12. The average Bonchev–Trinajstić information content (AvgIpc) is 2.89. The first-order valence-electron chi connectivity index (χ1n) is 7.55. The molecular formula is C16H20FN3O3. The lowest BCUT2D eigenvalue weighted by molar-refractivity contribution is -0.143. The maximum Gasteiger partial charge on any atom is 0.307 e. The number of aryl methyl sites for hydroxylation is 1. The van der Waals surface area contributed by atoms with Gasteiger partial charge in [-0.05, 0) is 25.5 Å². The summed E-state index contributed by atoms with van der Waals surface area (Å²) in [5.41, 5.74) is 1.45. The Morgan fingerprint density at radius 3 is 2.74 bits per heavy atom. The molecule has 0 spiro atoms. The lowest BCUT2D eigenvalue weighted by Crippen LogP contribution is -2.31. The zero-order valence-electron chi connectivity index (χ0n) is 13.5. The molecule has 0 bridgehead atoms. The standard InChI is InChI=1S/C16H20FN3O3/c1-4-12-15(20-10-11(17)6-7-13(20)18-12)16(22)19(3)9-8-14(21)23-5-2/h6-7,10H,4-5,8-9H2,1-3H3. The number of imidazole rings is 1. The molecule has 0 radical (unpaired) electrons. The Morgan fingerprint density at radius 2 is 2.09 bits per heavy atom. The molecule has 0 saturated heterocycles. The van der Waals surface area contributed by atoms with Gasteiger partial charge in [0.25, 0.3) is 5.91 Å². The van der Waals surface area contributed by atoms with Crippen molar-refractivity contribution in [3.63, 3.8) is 0 Å². The lowest BCUT2D eigenvalue weighted by Gasteiger charge is -2.17. The van der Waals surface area contributed by atoms with Crippen molar-refractivity contribution in [3.05, 3.63) is 35.5 Å². The number of nitrogens with zero attached hydrogens (tertiary/aromatic N) is 3. The minimum absolute atomic E-state index is 0.114. The topological polar surface area (TPSA) is 63.9 Å². The van der Waals surface area contributed by atoms with Crippen LogP contribution in [-0.2, 0) is 16.0 Å². The summed E-state index contributed by atoms with van der Waals surface area (Å²) in [6.07, 6.45) is 1.91. The average molecular weight is 321 g/mol. The van der Waals surface area contributed by atoms with Crippen LogP contribution in [0.4, 0.5) is 4.39 Å². The number of fused-ring (bicyclic) bond motifs is 1. The Hall–Kier alpha value is -2.44. The van der Waals surface area contributed by atoms with Gasteiger partial charge in [0, 0.05) is 19.8 Å². The van der Waals surface area contributed by atoms with E-state index in [-0.39, 0.29) is 24.8 Å². The number of esters is 1. The van der Waals surface area contributed by atoms with Gasteiger partial charge in [0.15, 0.2) is 0 Å². The van der Waals surface area contributed by atoms with Gasteiger partial charge in [0.1, 0.15) is 17.2 Å². The van der Waals surface area contributed by atoms with E-state index in [9.17, 15) is 14.0 Å². The number of halogens is 1. The summed E-state index contributed by atoms with van der Waals surface area (Å²) in [5.74, 6) is -1.10. The number of ether oxygens (including phenoxy) is 1. The van der Waals surface area contributed by atoms with Gasteiger partial charge in [-0.2, -0.15) is 0 Å². The van der Waals surface area contributed by atoms with Crippen LogP contribution in [0.25, 0.3) is 5.65 Å². The van der Waals surface area contributed by atoms with Crippen LogP contribution in [0.1, 0.15) is 36.5 Å². The van der Waals surface area contributed by atoms with Gasteiger partial charge >= 0.3 is 5.97 Å². The third kappa shape index (κ3) is 3.67. The van der Waals surface area contributed by atoms with Crippen molar-refractivity contribution >= 4 is 17.5 Å². The van der Waals surface area contributed by atoms with Crippen LogP contribution < -0.4 is 0 Å². The van der Waals surface area contributed by atoms with Gasteiger partial charge < -0.3 is 9.64 Å². The molecule has 1 amide bonds. The van der Waals surface area contributed by atoms with E-state index in [1.165, 1.54) is 27.6 Å². The second kappa shape index (κ2) is 7.21. The molecule has 0 aliphatic heterocycles. The molecule has 6 nitrogen and oxygen atoms in total. The Kier molecular flexibility index (Phi) is 5.31. The predicted octanol–water partition coefficient (Wildman–Crippen LogP) is 2.06. The van der Waals surface area contributed by atoms with E-state index in [0.717, 1.165) is 0 Å². The number of amides is 1. The normalized spacial score (nSPS) is 10.8. The van der Waals surface area contributed by atoms with E-state index in [4.69, 9.17) is 4.74 Å². The molecule has 0 aromatic carbocycles. The van der Waals surface area contributed by atoms with E-state index in [1.54, 1.807) is 14.0 Å². The fourth-order valence-corrected chi connectivity index (χ4v) is 2.31. The second-order valence-corrected chi connectivity index (χ2v) is 5.12. The van der Waals surface area contributed by atoms with E-state index >= 15 is 0 Å². The predicted molar refractivity (Wildman–Crippen MR) is 82.7 cm³/mol. The third-order valence-corrected chi connectivity index (χ3v) is 3.50. The van der Waals surface area contributed by atoms with Crippen LogP contribution in [0.2, 0.25) is 0 Å². The molecular weight excluding hydrogens is 301 g/mol. The summed E-state index contributed by atoms with van der Waals surface area (Å²) in [4.78, 5) is 29.9. The molecule has 23 heavy (non-hydrogen) atoms. The zero-order chi connectivity index (χ0) is 17.0. The fourth-order valence-electron chi connectivity index (χ4n) is 2.31. The highest BCUT2D eigenvalue weighted by atomic mass is 19.1. The molecule has 0 saturated carbocycles. The Morgan fingerprint density at radius 1 is 1.35 bits per heavy atom. The van der Waals surface area contributed by atoms with Crippen molar-refractivity contribution < 1.29 is 18.7 Å². The van der Waals surface area contributed by atoms with Crippen LogP contribution in [-0.4, -0.2) is 46.4 Å². The molecule has 124 valence electrons. The quantitative estimate of drug-likeness (QED) is 0.764. The monoisotopic (exact) mass is 321 g/mol. The van der Waals surface area contributed by atoms with E-state index < -0.39 is 5.82 Å². The number of carbonyl (C=O) groups is 2. The molecule has 0 fully saturated rings. The van der Waals surface area contributed by atoms with Crippen molar-refractivity contribution in [3.8, 4) is 0 Å². The molecule has 0 aliphatic carbocycles. The van der Waals surface area contributed by atoms with Crippen molar-refractivity contribution in [1.29, 1.82) is 0 Å². The number of aromatic nitrogens is 2. The highest BCUT2D eigenvalue weighted by molar-refractivity contribution is 5.94. The number of hydrogen-bond donors (Lipinski definition) is 0. The van der Waals surface area contributed by atoms with Crippen LogP contribution in [0.15, 0.2) is 18.3 Å². The molecule has 2 rings (SSSR count). The molecule has 0 unspecified atom stereocenters. The SMILES string of the molecule is CCOC(=O)CCN(C)C(=O)c1c(CC)nc2ccc(F)cn12. The Balaban J connectivity index is 2.25.